The molecule has 0 bridgehead atoms. The summed E-state index contributed by atoms with van der Waals surface area (Å²) in [5.41, 5.74) is 3.64. The molecule has 0 aliphatic heterocycles. The number of carbonyl (C=O) groups is 1. The van der Waals surface area contributed by atoms with Crippen molar-refractivity contribution in [2.45, 2.75) is 13.0 Å². The van der Waals surface area contributed by atoms with Crippen molar-refractivity contribution in [3.63, 3.8) is 0 Å². The predicted octanol–water partition coefficient (Wildman–Crippen LogP) is 4.71. The lowest BCUT2D eigenvalue weighted by Crippen LogP contribution is -2.27. The summed E-state index contributed by atoms with van der Waals surface area (Å²) in [6, 6.07) is 20.8. The Kier molecular flexibility index (Phi) is 5.98. The van der Waals surface area contributed by atoms with Gasteiger partial charge in [-0.1, -0.05) is 42.5 Å². The summed E-state index contributed by atoms with van der Waals surface area (Å²) in [5, 5.41) is 3.04. The zero-order valence-electron chi connectivity index (χ0n) is 17.3. The minimum Gasteiger partial charge on any atom is -0.497 e. The van der Waals surface area contributed by atoms with Crippen molar-refractivity contribution in [3.05, 3.63) is 96.4 Å². The average molecular weight is 410 g/mol. The first-order valence-electron chi connectivity index (χ1n) is 9.93. The number of rotatable bonds is 6. The third kappa shape index (κ3) is 4.59. The number of nitrogens with one attached hydrogen (secondary N) is 1. The van der Waals surface area contributed by atoms with Crippen LogP contribution >= 0.6 is 0 Å². The first kappa shape index (κ1) is 20.2. The van der Waals surface area contributed by atoms with E-state index in [4.69, 9.17) is 9.72 Å². The van der Waals surface area contributed by atoms with Crippen LogP contribution in [0.5, 0.6) is 5.75 Å². The van der Waals surface area contributed by atoms with Crippen molar-refractivity contribution in [1.29, 1.82) is 0 Å². The van der Waals surface area contributed by atoms with Gasteiger partial charge in [-0.15, -0.1) is 0 Å². The molecule has 31 heavy (non-hydrogen) atoms. The van der Waals surface area contributed by atoms with Crippen molar-refractivity contribution in [1.82, 2.24) is 20.3 Å². The molecular formula is C25H22N4O2. The van der Waals surface area contributed by atoms with Gasteiger partial charge in [-0.05, 0) is 36.8 Å². The minimum absolute atomic E-state index is 0.197. The molecule has 2 heterocycles. The van der Waals surface area contributed by atoms with Gasteiger partial charge in [0.1, 0.15) is 5.75 Å². The molecule has 2 aromatic carbocycles. The number of hydrogen-bond donors (Lipinski definition) is 1. The zero-order chi connectivity index (χ0) is 21.6. The number of ether oxygens (including phenoxy) is 1. The Morgan fingerprint density at radius 2 is 1.65 bits per heavy atom. The normalized spacial score (nSPS) is 11.5. The number of carbonyl (C=O) groups excluding carboxylic acids is 1. The van der Waals surface area contributed by atoms with Crippen LogP contribution in [0.4, 0.5) is 0 Å². The van der Waals surface area contributed by atoms with Gasteiger partial charge in [0.15, 0.2) is 5.82 Å². The van der Waals surface area contributed by atoms with Gasteiger partial charge in [-0.2, -0.15) is 0 Å². The number of methoxy groups -OCH3 is 1. The molecule has 1 N–H and O–H groups in total. The van der Waals surface area contributed by atoms with Crippen LogP contribution in [0.1, 0.15) is 28.9 Å². The van der Waals surface area contributed by atoms with Crippen LogP contribution in [0.2, 0.25) is 0 Å². The number of benzene rings is 2. The number of nitrogens with zero attached hydrogens (tertiary/aromatic N) is 3. The van der Waals surface area contributed by atoms with Gasteiger partial charge in [-0.25, -0.2) is 9.97 Å². The van der Waals surface area contributed by atoms with Crippen molar-refractivity contribution >= 4 is 5.91 Å². The summed E-state index contributed by atoms with van der Waals surface area (Å²) in [7, 11) is 1.62. The highest BCUT2D eigenvalue weighted by Crippen LogP contribution is 2.25. The highest BCUT2D eigenvalue weighted by Gasteiger charge is 2.19. The van der Waals surface area contributed by atoms with Crippen LogP contribution in [-0.2, 0) is 0 Å². The summed E-state index contributed by atoms with van der Waals surface area (Å²) in [5.74, 6) is 1.09. The Hall–Kier alpha value is -4.06. The van der Waals surface area contributed by atoms with Gasteiger partial charge in [0, 0.05) is 29.7 Å². The molecule has 0 unspecified atom stereocenters. The Morgan fingerprint density at radius 3 is 2.32 bits per heavy atom. The van der Waals surface area contributed by atoms with E-state index in [1.165, 1.54) is 0 Å². The third-order valence-electron chi connectivity index (χ3n) is 4.98. The van der Waals surface area contributed by atoms with Crippen LogP contribution in [0.3, 0.4) is 0 Å². The first-order valence-corrected chi connectivity index (χ1v) is 9.93. The summed E-state index contributed by atoms with van der Waals surface area (Å²) >= 11 is 0. The molecule has 4 rings (SSSR count). The Bertz CT molecular complexity index is 1160. The molecule has 0 radical (unpaired) electrons. The molecule has 0 saturated heterocycles. The standard InChI is InChI=1S/C25H22N4O2/c1-17(18-8-10-21(31-2)11-9-18)28-25(30)22-16-27-24(20-6-4-3-5-7-20)29-23(22)19-12-14-26-15-13-19/h3-17H,1-2H3,(H,28,30)/t17-/m0/s1. The molecule has 0 aliphatic carbocycles. The second-order valence-electron chi connectivity index (χ2n) is 7.03. The van der Waals surface area contributed by atoms with Crippen LogP contribution in [0.15, 0.2) is 85.3 Å². The van der Waals surface area contributed by atoms with E-state index >= 15 is 0 Å². The van der Waals surface area contributed by atoms with Gasteiger partial charge in [0.25, 0.3) is 5.91 Å². The van der Waals surface area contributed by atoms with Gasteiger partial charge in [0.05, 0.1) is 24.4 Å². The van der Waals surface area contributed by atoms with Crippen molar-refractivity contribution in [3.8, 4) is 28.4 Å². The van der Waals surface area contributed by atoms with Crippen LogP contribution in [0.25, 0.3) is 22.6 Å². The lowest BCUT2D eigenvalue weighted by atomic mass is 10.1. The van der Waals surface area contributed by atoms with Crippen LogP contribution in [0, 0.1) is 0 Å². The second-order valence-corrected chi connectivity index (χ2v) is 7.03. The zero-order valence-corrected chi connectivity index (χ0v) is 17.3. The molecule has 6 heteroatoms. The summed E-state index contributed by atoms with van der Waals surface area (Å²) in [4.78, 5) is 26.4. The second kappa shape index (κ2) is 9.17. The van der Waals surface area contributed by atoms with Crippen molar-refractivity contribution in [2.75, 3.05) is 7.11 Å². The minimum atomic E-state index is -0.241. The molecule has 1 atom stereocenters. The summed E-state index contributed by atoms with van der Waals surface area (Å²) < 4.78 is 5.20. The molecule has 0 spiro atoms. The maximum Gasteiger partial charge on any atom is 0.255 e. The quantitative estimate of drug-likeness (QED) is 0.498. The first-order chi connectivity index (χ1) is 15.2. The summed E-state index contributed by atoms with van der Waals surface area (Å²) in [6.07, 6.45) is 4.95. The van der Waals surface area contributed by atoms with E-state index in [1.807, 2.05) is 73.7 Å². The Morgan fingerprint density at radius 1 is 0.935 bits per heavy atom. The maximum atomic E-state index is 13.2. The highest BCUT2D eigenvalue weighted by molar-refractivity contribution is 6.00. The monoisotopic (exact) mass is 410 g/mol. The number of aromatic nitrogens is 3. The molecule has 0 aliphatic rings. The third-order valence-corrected chi connectivity index (χ3v) is 4.98. The summed E-state index contributed by atoms with van der Waals surface area (Å²) in [6.45, 7) is 1.94. The van der Waals surface area contributed by atoms with E-state index in [2.05, 4.69) is 15.3 Å². The molecule has 0 fully saturated rings. The van der Waals surface area contributed by atoms with Crippen molar-refractivity contribution < 1.29 is 9.53 Å². The van der Waals surface area contributed by atoms with Gasteiger partial charge >= 0.3 is 0 Å². The Labute approximate surface area is 181 Å². The Balaban J connectivity index is 1.67. The fraction of sp³-hybridized carbons (Fsp3) is 0.120. The molecule has 4 aromatic rings. The average Bonchev–Trinajstić information content (AvgIpc) is 2.84. The van der Waals surface area contributed by atoms with E-state index < -0.39 is 0 Å². The van der Waals surface area contributed by atoms with E-state index in [-0.39, 0.29) is 11.9 Å². The van der Waals surface area contributed by atoms with Crippen molar-refractivity contribution in [2.24, 2.45) is 0 Å². The molecule has 6 nitrogen and oxygen atoms in total. The topological polar surface area (TPSA) is 77.0 Å². The highest BCUT2D eigenvalue weighted by atomic mass is 16.5. The molecular weight excluding hydrogens is 388 g/mol. The molecule has 1 amide bonds. The smallest absolute Gasteiger partial charge is 0.255 e. The van der Waals surface area contributed by atoms with Gasteiger partial charge in [0.2, 0.25) is 0 Å². The largest absolute Gasteiger partial charge is 0.497 e. The fourth-order valence-corrected chi connectivity index (χ4v) is 3.25. The van der Waals surface area contributed by atoms with E-state index in [0.29, 0.717) is 17.1 Å². The van der Waals surface area contributed by atoms with Gasteiger partial charge < -0.3 is 10.1 Å². The number of hydrogen-bond acceptors (Lipinski definition) is 5. The molecule has 154 valence electrons. The number of amides is 1. The molecule has 0 saturated carbocycles. The molecule has 2 aromatic heterocycles. The predicted molar refractivity (Wildman–Crippen MR) is 120 cm³/mol. The van der Waals surface area contributed by atoms with Gasteiger partial charge in [-0.3, -0.25) is 9.78 Å². The van der Waals surface area contributed by atoms with Crippen LogP contribution < -0.4 is 10.1 Å². The lowest BCUT2D eigenvalue weighted by Gasteiger charge is -2.16. The number of pyridine rings is 1. The van der Waals surface area contributed by atoms with Crippen LogP contribution in [-0.4, -0.2) is 28.0 Å². The SMILES string of the molecule is COc1ccc([C@H](C)NC(=O)c2cnc(-c3ccccc3)nc2-c2ccncc2)cc1. The maximum absolute atomic E-state index is 13.2. The fourth-order valence-electron chi connectivity index (χ4n) is 3.25. The van der Waals surface area contributed by atoms with E-state index in [0.717, 1.165) is 22.4 Å². The van der Waals surface area contributed by atoms with E-state index in [9.17, 15) is 4.79 Å². The lowest BCUT2D eigenvalue weighted by molar-refractivity contribution is 0.0940. The van der Waals surface area contributed by atoms with E-state index in [1.54, 1.807) is 25.7 Å².